The normalized spacial score (nSPS) is 15.0. The summed E-state index contributed by atoms with van der Waals surface area (Å²) >= 11 is 0.905. The van der Waals surface area contributed by atoms with Crippen LogP contribution < -0.4 is 4.74 Å². The number of halogens is 1. The highest BCUT2D eigenvalue weighted by molar-refractivity contribution is 8.18. The Hall–Kier alpha value is -3.38. The third-order valence-electron chi connectivity index (χ3n) is 4.83. The first kappa shape index (κ1) is 20.9. The van der Waals surface area contributed by atoms with Gasteiger partial charge in [0, 0.05) is 0 Å². The first-order valence-electron chi connectivity index (χ1n) is 9.76. The largest absolute Gasteiger partial charge is 0.489 e. The molecule has 3 aromatic carbocycles. The Bertz CT molecular complexity index is 1120. The Morgan fingerprint density at radius 1 is 0.903 bits per heavy atom. The zero-order valence-electron chi connectivity index (χ0n) is 16.9. The van der Waals surface area contributed by atoms with E-state index >= 15 is 0 Å². The van der Waals surface area contributed by atoms with Gasteiger partial charge in [-0.25, -0.2) is 4.39 Å². The second kappa shape index (κ2) is 9.18. The standard InChI is InChI=1S/C25H20FNO3S/c1-17-2-4-20(5-3-17)16-30-22-12-8-18(9-13-22)14-23-24(28)27(25(29)31-23)15-19-6-10-21(26)11-7-19/h2-14H,15-16H2,1H3. The third kappa shape index (κ3) is 5.22. The van der Waals surface area contributed by atoms with Gasteiger partial charge in [-0.1, -0.05) is 54.1 Å². The number of imide groups is 1. The molecule has 3 aromatic rings. The minimum atomic E-state index is -0.357. The van der Waals surface area contributed by atoms with Crippen molar-refractivity contribution in [2.45, 2.75) is 20.1 Å². The lowest BCUT2D eigenvalue weighted by Gasteiger charge is -2.12. The number of nitrogens with zero attached hydrogens (tertiary/aromatic N) is 1. The van der Waals surface area contributed by atoms with Crippen molar-refractivity contribution < 1.29 is 18.7 Å². The van der Waals surface area contributed by atoms with E-state index in [1.165, 1.54) is 22.6 Å². The molecule has 4 rings (SSSR count). The van der Waals surface area contributed by atoms with Gasteiger partial charge < -0.3 is 4.74 Å². The van der Waals surface area contributed by atoms with Gasteiger partial charge in [-0.15, -0.1) is 0 Å². The zero-order chi connectivity index (χ0) is 21.8. The van der Waals surface area contributed by atoms with Crippen LogP contribution in [0.2, 0.25) is 0 Å². The van der Waals surface area contributed by atoms with Crippen LogP contribution in [0.5, 0.6) is 5.75 Å². The molecule has 0 atom stereocenters. The van der Waals surface area contributed by atoms with Crippen molar-refractivity contribution >= 4 is 29.0 Å². The summed E-state index contributed by atoms with van der Waals surface area (Å²) in [6.07, 6.45) is 1.69. The topological polar surface area (TPSA) is 46.6 Å². The van der Waals surface area contributed by atoms with E-state index < -0.39 is 0 Å². The summed E-state index contributed by atoms with van der Waals surface area (Å²) in [5.41, 5.74) is 3.79. The maximum Gasteiger partial charge on any atom is 0.293 e. The minimum absolute atomic E-state index is 0.119. The molecule has 1 aliphatic heterocycles. The van der Waals surface area contributed by atoms with E-state index in [0.29, 0.717) is 17.1 Å². The Morgan fingerprint density at radius 2 is 1.55 bits per heavy atom. The maximum absolute atomic E-state index is 13.1. The maximum atomic E-state index is 13.1. The molecule has 4 nitrogen and oxygen atoms in total. The van der Waals surface area contributed by atoms with E-state index in [0.717, 1.165) is 28.6 Å². The zero-order valence-corrected chi connectivity index (χ0v) is 17.7. The molecule has 0 aromatic heterocycles. The summed E-state index contributed by atoms with van der Waals surface area (Å²) in [4.78, 5) is 26.5. The molecule has 1 saturated heterocycles. The number of benzene rings is 3. The summed E-state index contributed by atoms with van der Waals surface area (Å²) in [6, 6.07) is 21.3. The quantitative estimate of drug-likeness (QED) is 0.451. The van der Waals surface area contributed by atoms with Crippen molar-refractivity contribution in [3.8, 4) is 5.75 Å². The summed E-state index contributed by atoms with van der Waals surface area (Å²) in [6.45, 7) is 2.64. The molecule has 0 aliphatic carbocycles. The highest BCUT2D eigenvalue weighted by Crippen LogP contribution is 2.33. The fraction of sp³-hybridized carbons (Fsp3) is 0.120. The number of hydrogen-bond acceptors (Lipinski definition) is 4. The van der Waals surface area contributed by atoms with E-state index in [1.54, 1.807) is 18.2 Å². The lowest BCUT2D eigenvalue weighted by atomic mass is 10.1. The second-order valence-corrected chi connectivity index (χ2v) is 8.23. The molecule has 6 heteroatoms. The molecule has 0 radical (unpaired) electrons. The van der Waals surface area contributed by atoms with Crippen LogP contribution in [0.1, 0.15) is 22.3 Å². The van der Waals surface area contributed by atoms with Crippen molar-refractivity contribution in [1.29, 1.82) is 0 Å². The molecule has 0 bridgehead atoms. The highest BCUT2D eigenvalue weighted by atomic mass is 32.2. The summed E-state index contributed by atoms with van der Waals surface area (Å²) in [5, 5.41) is -0.335. The molecule has 31 heavy (non-hydrogen) atoms. The number of ether oxygens (including phenoxy) is 1. The predicted molar refractivity (Wildman–Crippen MR) is 120 cm³/mol. The van der Waals surface area contributed by atoms with Crippen LogP contribution in [0, 0.1) is 12.7 Å². The first-order valence-corrected chi connectivity index (χ1v) is 10.6. The molecule has 1 aliphatic rings. The number of carbonyl (C=O) groups excluding carboxylic acids is 2. The lowest BCUT2D eigenvalue weighted by molar-refractivity contribution is -0.123. The monoisotopic (exact) mass is 433 g/mol. The van der Waals surface area contributed by atoms with Crippen molar-refractivity contribution in [3.05, 3.63) is 106 Å². The first-order chi connectivity index (χ1) is 15.0. The molecule has 0 saturated carbocycles. The molecule has 0 unspecified atom stereocenters. The van der Waals surface area contributed by atoms with Gasteiger partial charge in [0.25, 0.3) is 11.1 Å². The van der Waals surface area contributed by atoms with Gasteiger partial charge in [0.1, 0.15) is 18.2 Å². The third-order valence-corrected chi connectivity index (χ3v) is 5.74. The lowest BCUT2D eigenvalue weighted by Crippen LogP contribution is -2.27. The molecule has 0 spiro atoms. The van der Waals surface area contributed by atoms with E-state index in [4.69, 9.17) is 4.74 Å². The van der Waals surface area contributed by atoms with E-state index in [9.17, 15) is 14.0 Å². The number of carbonyl (C=O) groups is 2. The van der Waals surface area contributed by atoms with E-state index in [-0.39, 0.29) is 23.5 Å². The Morgan fingerprint density at radius 3 is 2.23 bits per heavy atom. The summed E-state index contributed by atoms with van der Waals surface area (Å²) in [5.74, 6) is 0.0187. The van der Waals surface area contributed by atoms with Crippen LogP contribution in [0.3, 0.4) is 0 Å². The Balaban J connectivity index is 1.39. The second-order valence-electron chi connectivity index (χ2n) is 7.24. The van der Waals surface area contributed by atoms with Crippen molar-refractivity contribution in [2.75, 3.05) is 0 Å². The molecular weight excluding hydrogens is 413 g/mol. The number of thioether (sulfide) groups is 1. The Labute approximate surface area is 184 Å². The molecular formula is C25H20FNO3S. The fourth-order valence-electron chi connectivity index (χ4n) is 3.07. The van der Waals surface area contributed by atoms with Gasteiger partial charge in [0.05, 0.1) is 11.4 Å². The number of hydrogen-bond donors (Lipinski definition) is 0. The van der Waals surface area contributed by atoms with Crippen LogP contribution >= 0.6 is 11.8 Å². The van der Waals surface area contributed by atoms with Gasteiger partial charge in [-0.05, 0) is 65.7 Å². The van der Waals surface area contributed by atoms with Crippen molar-refractivity contribution in [2.24, 2.45) is 0 Å². The van der Waals surface area contributed by atoms with Crippen molar-refractivity contribution in [1.82, 2.24) is 4.90 Å². The molecule has 0 N–H and O–H groups in total. The van der Waals surface area contributed by atoms with Crippen LogP contribution in [-0.2, 0) is 17.9 Å². The van der Waals surface area contributed by atoms with Crippen LogP contribution in [0.15, 0.2) is 77.7 Å². The van der Waals surface area contributed by atoms with E-state index in [2.05, 4.69) is 0 Å². The van der Waals surface area contributed by atoms with Crippen LogP contribution in [0.4, 0.5) is 9.18 Å². The molecule has 1 heterocycles. The summed E-state index contributed by atoms with van der Waals surface area (Å²) < 4.78 is 18.9. The van der Waals surface area contributed by atoms with Gasteiger partial charge in [0.2, 0.25) is 0 Å². The smallest absolute Gasteiger partial charge is 0.293 e. The fourth-order valence-corrected chi connectivity index (χ4v) is 3.91. The Kier molecular flexibility index (Phi) is 6.18. The average Bonchev–Trinajstić information content (AvgIpc) is 3.03. The van der Waals surface area contributed by atoms with Gasteiger partial charge >= 0.3 is 0 Å². The number of rotatable bonds is 6. The van der Waals surface area contributed by atoms with Gasteiger partial charge in [-0.2, -0.15) is 0 Å². The SMILES string of the molecule is Cc1ccc(COc2ccc(C=C3SC(=O)N(Cc4ccc(F)cc4)C3=O)cc2)cc1. The molecule has 156 valence electrons. The number of amides is 2. The number of aryl methyl sites for hydroxylation is 1. The van der Waals surface area contributed by atoms with Crippen LogP contribution in [0.25, 0.3) is 6.08 Å². The van der Waals surface area contributed by atoms with Crippen LogP contribution in [-0.4, -0.2) is 16.0 Å². The van der Waals surface area contributed by atoms with Gasteiger partial charge in [-0.3, -0.25) is 14.5 Å². The minimum Gasteiger partial charge on any atom is -0.489 e. The molecule has 1 fully saturated rings. The van der Waals surface area contributed by atoms with Gasteiger partial charge in [0.15, 0.2) is 0 Å². The predicted octanol–water partition coefficient (Wildman–Crippen LogP) is 5.95. The van der Waals surface area contributed by atoms with E-state index in [1.807, 2.05) is 55.5 Å². The highest BCUT2D eigenvalue weighted by Gasteiger charge is 2.34. The molecule has 2 amide bonds. The summed E-state index contributed by atoms with van der Waals surface area (Å²) in [7, 11) is 0. The average molecular weight is 434 g/mol. The van der Waals surface area contributed by atoms with Crippen molar-refractivity contribution in [3.63, 3.8) is 0 Å².